The maximum atomic E-state index is 5.65. The van der Waals surface area contributed by atoms with E-state index >= 15 is 0 Å². The van der Waals surface area contributed by atoms with E-state index in [2.05, 4.69) is 13.8 Å². The first-order valence-corrected chi connectivity index (χ1v) is 4.46. The van der Waals surface area contributed by atoms with Crippen LogP contribution >= 0.6 is 0 Å². The van der Waals surface area contributed by atoms with Crippen LogP contribution in [-0.4, -0.2) is 19.3 Å². The Balaban J connectivity index is 2.25. The summed E-state index contributed by atoms with van der Waals surface area (Å²) in [5.74, 6) is 0. The van der Waals surface area contributed by atoms with Gasteiger partial charge in [-0.3, -0.25) is 0 Å². The molecule has 0 radical (unpaired) electrons. The predicted molar refractivity (Wildman–Crippen MR) is 46.4 cm³/mol. The molecule has 1 heterocycles. The minimum atomic E-state index is 0.394. The van der Waals surface area contributed by atoms with Gasteiger partial charge >= 0.3 is 0 Å². The summed E-state index contributed by atoms with van der Waals surface area (Å²) in [5, 5.41) is 0. The van der Waals surface area contributed by atoms with Gasteiger partial charge in [0.15, 0.2) is 0 Å². The zero-order valence-electron chi connectivity index (χ0n) is 7.60. The molecule has 0 spiro atoms. The first kappa shape index (κ1) is 9.01. The molecule has 0 aromatic heterocycles. The lowest BCUT2D eigenvalue weighted by molar-refractivity contribution is -0.0500. The lowest BCUT2D eigenvalue weighted by atomic mass is 9.85. The molecule has 0 amide bonds. The first-order valence-electron chi connectivity index (χ1n) is 4.46. The second-order valence-electron chi connectivity index (χ2n) is 4.21. The fourth-order valence-corrected chi connectivity index (χ4v) is 1.46. The van der Waals surface area contributed by atoms with E-state index in [0.717, 1.165) is 19.6 Å². The van der Waals surface area contributed by atoms with Gasteiger partial charge in [0.2, 0.25) is 0 Å². The highest BCUT2D eigenvalue weighted by atomic mass is 16.5. The van der Waals surface area contributed by atoms with Crippen molar-refractivity contribution in [3.8, 4) is 0 Å². The highest BCUT2D eigenvalue weighted by Gasteiger charge is 2.26. The van der Waals surface area contributed by atoms with E-state index < -0.39 is 0 Å². The smallest absolute Gasteiger partial charge is 0.0587 e. The Morgan fingerprint density at radius 2 is 2.27 bits per heavy atom. The number of nitrogens with two attached hydrogens (primary N) is 1. The second-order valence-corrected chi connectivity index (χ2v) is 4.21. The fraction of sp³-hybridized carbons (Fsp3) is 1.00. The molecule has 2 heteroatoms. The van der Waals surface area contributed by atoms with E-state index in [4.69, 9.17) is 10.5 Å². The van der Waals surface area contributed by atoms with Crippen LogP contribution < -0.4 is 5.73 Å². The SMILES string of the molecule is CC1(C)CCC(CCN)OC1. The topological polar surface area (TPSA) is 35.2 Å². The molecule has 1 aliphatic rings. The molecule has 0 bridgehead atoms. The Labute approximate surface area is 69.1 Å². The number of hydrogen-bond acceptors (Lipinski definition) is 2. The van der Waals surface area contributed by atoms with Crippen molar-refractivity contribution in [1.82, 2.24) is 0 Å². The van der Waals surface area contributed by atoms with Crippen LogP contribution in [0.25, 0.3) is 0 Å². The summed E-state index contributed by atoms with van der Waals surface area (Å²) in [6, 6.07) is 0. The summed E-state index contributed by atoms with van der Waals surface area (Å²) in [4.78, 5) is 0. The molecule has 2 N–H and O–H groups in total. The lowest BCUT2D eigenvalue weighted by Crippen LogP contribution is -2.32. The molecule has 1 atom stereocenters. The van der Waals surface area contributed by atoms with E-state index in [1.54, 1.807) is 0 Å². The van der Waals surface area contributed by atoms with Crippen molar-refractivity contribution >= 4 is 0 Å². The molecule has 1 unspecified atom stereocenters. The lowest BCUT2D eigenvalue weighted by Gasteiger charge is -2.34. The second kappa shape index (κ2) is 3.55. The van der Waals surface area contributed by atoms with E-state index in [9.17, 15) is 0 Å². The summed E-state index contributed by atoms with van der Waals surface area (Å²) in [6.45, 7) is 6.17. The highest BCUT2D eigenvalue weighted by molar-refractivity contribution is 4.76. The van der Waals surface area contributed by atoms with E-state index in [1.165, 1.54) is 12.8 Å². The maximum Gasteiger partial charge on any atom is 0.0587 e. The monoisotopic (exact) mass is 157 g/mol. The Morgan fingerprint density at radius 3 is 2.73 bits per heavy atom. The van der Waals surface area contributed by atoms with Crippen LogP contribution in [0.1, 0.15) is 33.1 Å². The molecule has 0 aromatic carbocycles. The van der Waals surface area contributed by atoms with Gasteiger partial charge in [0.1, 0.15) is 0 Å². The van der Waals surface area contributed by atoms with Gasteiger partial charge in [-0.2, -0.15) is 0 Å². The van der Waals surface area contributed by atoms with E-state index in [0.29, 0.717) is 11.5 Å². The van der Waals surface area contributed by atoms with Gasteiger partial charge in [0, 0.05) is 0 Å². The number of hydrogen-bond donors (Lipinski definition) is 1. The van der Waals surface area contributed by atoms with Crippen LogP contribution in [0.3, 0.4) is 0 Å². The molecule has 1 fully saturated rings. The van der Waals surface area contributed by atoms with Crippen LogP contribution in [0.15, 0.2) is 0 Å². The average Bonchev–Trinajstić information content (AvgIpc) is 1.94. The van der Waals surface area contributed by atoms with Gasteiger partial charge in [-0.05, 0) is 31.2 Å². The Hall–Kier alpha value is -0.0800. The average molecular weight is 157 g/mol. The van der Waals surface area contributed by atoms with Crippen LogP contribution in [0.4, 0.5) is 0 Å². The zero-order chi connectivity index (χ0) is 8.32. The van der Waals surface area contributed by atoms with Crippen LogP contribution in [-0.2, 0) is 4.74 Å². The minimum Gasteiger partial charge on any atom is -0.378 e. The van der Waals surface area contributed by atoms with Gasteiger partial charge < -0.3 is 10.5 Å². The summed E-state index contributed by atoms with van der Waals surface area (Å²) in [5.41, 5.74) is 5.84. The third-order valence-corrected chi connectivity index (χ3v) is 2.34. The summed E-state index contributed by atoms with van der Waals surface area (Å²) in [7, 11) is 0. The molecule has 0 aliphatic carbocycles. The normalized spacial score (nSPS) is 30.3. The van der Waals surface area contributed by atoms with Crippen LogP contribution in [0.5, 0.6) is 0 Å². The largest absolute Gasteiger partial charge is 0.378 e. The van der Waals surface area contributed by atoms with E-state index in [1.807, 2.05) is 0 Å². The Morgan fingerprint density at radius 1 is 1.55 bits per heavy atom. The third-order valence-electron chi connectivity index (χ3n) is 2.34. The van der Waals surface area contributed by atoms with E-state index in [-0.39, 0.29) is 0 Å². The number of rotatable bonds is 2. The predicted octanol–water partition coefficient (Wildman–Crippen LogP) is 1.54. The van der Waals surface area contributed by atoms with Gasteiger partial charge in [0.05, 0.1) is 12.7 Å². The molecule has 1 rings (SSSR count). The molecule has 0 aromatic rings. The highest BCUT2D eigenvalue weighted by Crippen LogP contribution is 2.30. The van der Waals surface area contributed by atoms with Crippen LogP contribution in [0.2, 0.25) is 0 Å². The van der Waals surface area contributed by atoms with Crippen LogP contribution in [0, 0.1) is 5.41 Å². The van der Waals surface area contributed by atoms with Crippen molar-refractivity contribution in [3.63, 3.8) is 0 Å². The van der Waals surface area contributed by atoms with Crippen molar-refractivity contribution in [3.05, 3.63) is 0 Å². The minimum absolute atomic E-state index is 0.394. The third kappa shape index (κ3) is 2.80. The summed E-state index contributed by atoms with van der Waals surface area (Å²) >= 11 is 0. The quantitative estimate of drug-likeness (QED) is 0.660. The Kier molecular flexibility index (Phi) is 2.90. The Bertz CT molecular complexity index is 113. The van der Waals surface area contributed by atoms with Gasteiger partial charge in [0.25, 0.3) is 0 Å². The molecule has 1 saturated heterocycles. The van der Waals surface area contributed by atoms with Gasteiger partial charge in [-0.1, -0.05) is 13.8 Å². The molecular formula is C9H19NO. The molecule has 66 valence electrons. The standard InChI is InChI=1S/C9H19NO/c1-9(2)5-3-8(4-6-10)11-7-9/h8H,3-7,10H2,1-2H3. The molecule has 1 aliphatic heterocycles. The van der Waals surface area contributed by atoms with Crippen molar-refractivity contribution in [2.75, 3.05) is 13.2 Å². The van der Waals surface area contributed by atoms with Crippen molar-refractivity contribution in [2.45, 2.75) is 39.2 Å². The summed E-state index contributed by atoms with van der Waals surface area (Å²) < 4.78 is 5.65. The molecular weight excluding hydrogens is 138 g/mol. The first-order chi connectivity index (χ1) is 5.14. The van der Waals surface area contributed by atoms with Crippen molar-refractivity contribution in [2.24, 2.45) is 11.1 Å². The molecule has 11 heavy (non-hydrogen) atoms. The van der Waals surface area contributed by atoms with Crippen molar-refractivity contribution in [1.29, 1.82) is 0 Å². The number of ether oxygens (including phenoxy) is 1. The van der Waals surface area contributed by atoms with Crippen molar-refractivity contribution < 1.29 is 4.74 Å². The maximum absolute atomic E-state index is 5.65. The zero-order valence-corrected chi connectivity index (χ0v) is 7.60. The van der Waals surface area contributed by atoms with Gasteiger partial charge in [-0.25, -0.2) is 0 Å². The molecule has 0 saturated carbocycles. The molecule has 2 nitrogen and oxygen atoms in total. The fourth-order valence-electron chi connectivity index (χ4n) is 1.46. The summed E-state index contributed by atoms with van der Waals surface area (Å²) in [6.07, 6.45) is 3.92. The van der Waals surface area contributed by atoms with Gasteiger partial charge in [-0.15, -0.1) is 0 Å².